The Hall–Kier alpha value is -2.82. The molecule has 2 heterocycles. The molecule has 0 radical (unpaired) electrons. The fourth-order valence-electron chi connectivity index (χ4n) is 2.54. The number of hydrogen-bond donors (Lipinski definition) is 1. The molecule has 124 valence electrons. The van der Waals surface area contributed by atoms with Gasteiger partial charge in [-0.1, -0.05) is 25.1 Å². The van der Waals surface area contributed by atoms with Crippen molar-refractivity contribution in [1.82, 2.24) is 14.7 Å². The zero-order chi connectivity index (χ0) is 16.9. The van der Waals surface area contributed by atoms with Gasteiger partial charge in [-0.2, -0.15) is 0 Å². The van der Waals surface area contributed by atoms with E-state index in [0.29, 0.717) is 24.5 Å². The van der Waals surface area contributed by atoms with E-state index in [2.05, 4.69) is 10.3 Å². The maximum Gasteiger partial charge on any atom is 0.255 e. The van der Waals surface area contributed by atoms with Crippen LogP contribution in [0.15, 0.2) is 48.8 Å². The largest absolute Gasteiger partial charge is 0.486 e. The normalized spacial score (nSPS) is 10.8. The van der Waals surface area contributed by atoms with Crippen molar-refractivity contribution in [2.45, 2.75) is 26.9 Å². The molecule has 0 aliphatic heterocycles. The SMILES string of the molecule is CCCNC(=O)c1ccccc1OCc1cn2cccc(C)c2n1. The molecule has 1 N–H and O–H groups in total. The number of fused-ring (bicyclic) bond motifs is 1. The van der Waals surface area contributed by atoms with Gasteiger partial charge in [-0.05, 0) is 37.1 Å². The van der Waals surface area contributed by atoms with Crippen LogP contribution in [0.25, 0.3) is 5.65 Å². The van der Waals surface area contributed by atoms with Crippen LogP contribution in [0.1, 0.15) is 35.0 Å². The van der Waals surface area contributed by atoms with Crippen LogP contribution in [-0.4, -0.2) is 21.8 Å². The molecule has 0 spiro atoms. The summed E-state index contributed by atoms with van der Waals surface area (Å²) in [4.78, 5) is 16.8. The molecule has 3 rings (SSSR count). The highest BCUT2D eigenvalue weighted by atomic mass is 16.5. The molecule has 0 bridgehead atoms. The van der Waals surface area contributed by atoms with Gasteiger partial charge in [0.25, 0.3) is 5.91 Å². The Morgan fingerprint density at radius 3 is 2.88 bits per heavy atom. The summed E-state index contributed by atoms with van der Waals surface area (Å²) >= 11 is 0. The monoisotopic (exact) mass is 323 g/mol. The predicted molar refractivity (Wildman–Crippen MR) is 93.3 cm³/mol. The van der Waals surface area contributed by atoms with Crippen LogP contribution in [-0.2, 0) is 6.61 Å². The molecular formula is C19H21N3O2. The lowest BCUT2D eigenvalue weighted by Crippen LogP contribution is -2.24. The van der Waals surface area contributed by atoms with Gasteiger partial charge in [0.2, 0.25) is 0 Å². The van der Waals surface area contributed by atoms with Gasteiger partial charge in [-0.3, -0.25) is 4.79 Å². The number of para-hydroxylation sites is 1. The minimum absolute atomic E-state index is 0.113. The van der Waals surface area contributed by atoms with Gasteiger partial charge in [0.1, 0.15) is 18.0 Å². The molecule has 0 saturated heterocycles. The third kappa shape index (κ3) is 3.40. The van der Waals surface area contributed by atoms with Crippen molar-refractivity contribution >= 4 is 11.6 Å². The molecule has 0 aliphatic carbocycles. The third-order valence-electron chi connectivity index (χ3n) is 3.77. The van der Waals surface area contributed by atoms with E-state index >= 15 is 0 Å². The molecule has 2 aromatic heterocycles. The van der Waals surface area contributed by atoms with Crippen molar-refractivity contribution in [2.24, 2.45) is 0 Å². The number of ether oxygens (including phenoxy) is 1. The van der Waals surface area contributed by atoms with Crippen LogP contribution in [0.5, 0.6) is 5.75 Å². The first-order valence-corrected chi connectivity index (χ1v) is 8.12. The minimum Gasteiger partial charge on any atom is -0.486 e. The Morgan fingerprint density at radius 1 is 1.25 bits per heavy atom. The average Bonchev–Trinajstić information content (AvgIpc) is 3.03. The van der Waals surface area contributed by atoms with Gasteiger partial charge < -0.3 is 14.5 Å². The van der Waals surface area contributed by atoms with E-state index in [1.54, 1.807) is 6.07 Å². The zero-order valence-electron chi connectivity index (χ0n) is 14.0. The van der Waals surface area contributed by atoms with Gasteiger partial charge in [-0.25, -0.2) is 4.98 Å². The summed E-state index contributed by atoms with van der Waals surface area (Å²) in [5.41, 5.74) is 3.41. The molecule has 0 fully saturated rings. The number of rotatable bonds is 6. The Bertz CT molecular complexity index is 855. The number of benzene rings is 1. The van der Waals surface area contributed by atoms with Crippen molar-refractivity contribution in [3.8, 4) is 5.75 Å². The summed E-state index contributed by atoms with van der Waals surface area (Å²) in [5, 5.41) is 2.88. The van der Waals surface area contributed by atoms with Crippen LogP contribution < -0.4 is 10.1 Å². The lowest BCUT2D eigenvalue weighted by molar-refractivity contribution is 0.0949. The second-order valence-corrected chi connectivity index (χ2v) is 5.70. The summed E-state index contributed by atoms with van der Waals surface area (Å²) in [6.45, 7) is 5.02. The number of nitrogens with zero attached hydrogens (tertiary/aromatic N) is 2. The van der Waals surface area contributed by atoms with Crippen molar-refractivity contribution in [1.29, 1.82) is 0 Å². The molecule has 24 heavy (non-hydrogen) atoms. The lowest BCUT2D eigenvalue weighted by Gasteiger charge is -2.10. The molecule has 0 atom stereocenters. The van der Waals surface area contributed by atoms with Crippen LogP contribution in [0.4, 0.5) is 0 Å². The molecule has 1 amide bonds. The summed E-state index contributed by atoms with van der Waals surface area (Å²) in [5.74, 6) is 0.457. The van der Waals surface area contributed by atoms with Gasteiger partial charge in [0.05, 0.1) is 11.3 Å². The van der Waals surface area contributed by atoms with E-state index < -0.39 is 0 Å². The highest BCUT2D eigenvalue weighted by Gasteiger charge is 2.12. The first-order chi connectivity index (χ1) is 11.7. The molecule has 1 aromatic carbocycles. The van der Waals surface area contributed by atoms with Gasteiger partial charge >= 0.3 is 0 Å². The Morgan fingerprint density at radius 2 is 2.08 bits per heavy atom. The third-order valence-corrected chi connectivity index (χ3v) is 3.77. The lowest BCUT2D eigenvalue weighted by atomic mass is 10.2. The summed E-state index contributed by atoms with van der Waals surface area (Å²) in [7, 11) is 0. The van der Waals surface area contributed by atoms with Crippen LogP contribution in [0, 0.1) is 6.92 Å². The second kappa shape index (κ2) is 7.17. The molecular weight excluding hydrogens is 302 g/mol. The molecule has 3 aromatic rings. The van der Waals surface area contributed by atoms with E-state index in [1.165, 1.54) is 0 Å². The van der Waals surface area contributed by atoms with Crippen molar-refractivity contribution in [3.05, 3.63) is 65.6 Å². The molecule has 5 heteroatoms. The molecule has 0 unspecified atom stereocenters. The second-order valence-electron chi connectivity index (χ2n) is 5.70. The number of amides is 1. The average molecular weight is 323 g/mol. The number of pyridine rings is 1. The number of aromatic nitrogens is 2. The molecule has 5 nitrogen and oxygen atoms in total. The molecule has 0 saturated carbocycles. The number of imidazole rings is 1. The van der Waals surface area contributed by atoms with E-state index in [0.717, 1.165) is 23.3 Å². The first kappa shape index (κ1) is 16.1. The Labute approximate surface area is 141 Å². The summed E-state index contributed by atoms with van der Waals surface area (Å²) in [6.07, 6.45) is 4.81. The number of carbonyl (C=O) groups excluding carboxylic acids is 1. The maximum atomic E-state index is 12.2. The highest BCUT2D eigenvalue weighted by Crippen LogP contribution is 2.19. The van der Waals surface area contributed by atoms with Crippen LogP contribution in [0.2, 0.25) is 0 Å². The Balaban J connectivity index is 1.76. The van der Waals surface area contributed by atoms with E-state index in [1.807, 2.05) is 61.0 Å². The number of nitrogens with one attached hydrogen (secondary N) is 1. The van der Waals surface area contributed by atoms with E-state index in [9.17, 15) is 4.79 Å². The predicted octanol–water partition coefficient (Wildman–Crippen LogP) is 3.36. The quantitative estimate of drug-likeness (QED) is 0.757. The highest BCUT2D eigenvalue weighted by molar-refractivity contribution is 5.96. The maximum absolute atomic E-state index is 12.2. The topological polar surface area (TPSA) is 55.6 Å². The zero-order valence-corrected chi connectivity index (χ0v) is 14.0. The van der Waals surface area contributed by atoms with Gasteiger partial charge in [0.15, 0.2) is 0 Å². The van der Waals surface area contributed by atoms with Crippen LogP contribution >= 0.6 is 0 Å². The fraction of sp³-hybridized carbons (Fsp3) is 0.263. The fourth-order valence-corrected chi connectivity index (χ4v) is 2.54. The van der Waals surface area contributed by atoms with Crippen molar-refractivity contribution in [3.63, 3.8) is 0 Å². The summed E-state index contributed by atoms with van der Waals surface area (Å²) in [6, 6.07) is 11.3. The number of hydrogen-bond acceptors (Lipinski definition) is 3. The Kier molecular flexibility index (Phi) is 4.79. The van der Waals surface area contributed by atoms with Gasteiger partial charge in [0, 0.05) is 18.9 Å². The minimum atomic E-state index is -0.113. The number of aryl methyl sites for hydroxylation is 1. The standard InChI is InChI=1S/C19H21N3O2/c1-3-10-20-19(23)16-8-4-5-9-17(16)24-13-15-12-22-11-6-7-14(2)18(22)21-15/h4-9,11-12H,3,10,13H2,1-2H3,(H,20,23). The van der Waals surface area contributed by atoms with Crippen molar-refractivity contribution < 1.29 is 9.53 Å². The molecule has 0 aliphatic rings. The van der Waals surface area contributed by atoms with E-state index in [-0.39, 0.29) is 5.91 Å². The summed E-state index contributed by atoms with van der Waals surface area (Å²) < 4.78 is 7.84. The van der Waals surface area contributed by atoms with Gasteiger partial charge in [-0.15, -0.1) is 0 Å². The number of carbonyl (C=O) groups is 1. The van der Waals surface area contributed by atoms with Crippen LogP contribution in [0.3, 0.4) is 0 Å². The van der Waals surface area contributed by atoms with E-state index in [4.69, 9.17) is 4.74 Å². The smallest absolute Gasteiger partial charge is 0.255 e. The van der Waals surface area contributed by atoms with Crippen molar-refractivity contribution in [2.75, 3.05) is 6.54 Å². The first-order valence-electron chi connectivity index (χ1n) is 8.12.